The van der Waals surface area contributed by atoms with Crippen LogP contribution >= 0.6 is 0 Å². The monoisotopic (exact) mass is 389 g/mol. The zero-order valence-electron chi connectivity index (χ0n) is 18.2. The van der Waals surface area contributed by atoms with Gasteiger partial charge in [0.25, 0.3) is 0 Å². The maximum absolute atomic E-state index is 12.0. The van der Waals surface area contributed by atoms with Crippen LogP contribution in [0.3, 0.4) is 0 Å². The molecule has 0 aromatic heterocycles. The van der Waals surface area contributed by atoms with Gasteiger partial charge in [0, 0.05) is 18.0 Å². The SMILES string of the molecule is CCC1(C(O)(C#CCN(Cc2ccccc2)C(C)C)c2ccccc2)CCCC1. The number of rotatable bonds is 7. The van der Waals surface area contributed by atoms with Crippen LogP contribution in [-0.4, -0.2) is 22.6 Å². The van der Waals surface area contributed by atoms with E-state index in [0.29, 0.717) is 12.6 Å². The third kappa shape index (κ3) is 4.74. The molecule has 1 N–H and O–H groups in total. The first kappa shape index (κ1) is 21.6. The second-order valence-electron chi connectivity index (χ2n) is 8.70. The van der Waals surface area contributed by atoms with Gasteiger partial charge in [0.15, 0.2) is 5.60 Å². The second-order valence-corrected chi connectivity index (χ2v) is 8.70. The summed E-state index contributed by atoms with van der Waals surface area (Å²) in [6.45, 7) is 8.14. The topological polar surface area (TPSA) is 23.5 Å². The first-order valence-electron chi connectivity index (χ1n) is 11.1. The number of nitrogens with zero attached hydrogens (tertiary/aromatic N) is 1. The van der Waals surface area contributed by atoms with Gasteiger partial charge in [-0.1, -0.05) is 92.3 Å². The van der Waals surface area contributed by atoms with Gasteiger partial charge in [-0.25, -0.2) is 0 Å². The molecule has 0 amide bonds. The van der Waals surface area contributed by atoms with Crippen molar-refractivity contribution in [3.63, 3.8) is 0 Å². The van der Waals surface area contributed by atoms with Gasteiger partial charge >= 0.3 is 0 Å². The summed E-state index contributed by atoms with van der Waals surface area (Å²) in [5, 5.41) is 12.0. The van der Waals surface area contributed by atoms with Gasteiger partial charge in [0.05, 0.1) is 6.54 Å². The average Bonchev–Trinajstić information content (AvgIpc) is 3.25. The predicted molar refractivity (Wildman–Crippen MR) is 121 cm³/mol. The number of hydrogen-bond acceptors (Lipinski definition) is 2. The van der Waals surface area contributed by atoms with Crippen molar-refractivity contribution in [1.29, 1.82) is 0 Å². The molecule has 0 spiro atoms. The van der Waals surface area contributed by atoms with Crippen molar-refractivity contribution in [3.8, 4) is 11.8 Å². The Morgan fingerprint density at radius 3 is 2.14 bits per heavy atom. The fourth-order valence-electron chi connectivity index (χ4n) is 4.72. The largest absolute Gasteiger partial charge is 0.373 e. The summed E-state index contributed by atoms with van der Waals surface area (Å²) in [5.41, 5.74) is 0.996. The molecule has 29 heavy (non-hydrogen) atoms. The molecule has 2 aromatic rings. The van der Waals surface area contributed by atoms with E-state index < -0.39 is 5.60 Å². The van der Waals surface area contributed by atoms with Gasteiger partial charge in [-0.05, 0) is 44.2 Å². The van der Waals surface area contributed by atoms with E-state index in [1.54, 1.807) is 0 Å². The predicted octanol–water partition coefficient (Wildman–Crippen LogP) is 5.76. The van der Waals surface area contributed by atoms with Gasteiger partial charge in [-0.15, -0.1) is 0 Å². The molecule has 1 aliphatic carbocycles. The zero-order valence-corrected chi connectivity index (χ0v) is 18.2. The highest BCUT2D eigenvalue weighted by Gasteiger charge is 2.50. The molecule has 2 aromatic carbocycles. The van der Waals surface area contributed by atoms with Crippen LogP contribution in [0.25, 0.3) is 0 Å². The standard InChI is InChI=1S/C27H35NO/c1-4-26(18-11-12-19-26)27(29,25-16-9-6-10-17-25)20-13-21-28(23(2)3)22-24-14-7-5-8-15-24/h5-10,14-17,23,29H,4,11-12,18-19,21-22H2,1-3H3. The van der Waals surface area contributed by atoms with Crippen LogP contribution in [0, 0.1) is 17.3 Å². The summed E-state index contributed by atoms with van der Waals surface area (Å²) in [4.78, 5) is 2.36. The zero-order chi connectivity index (χ0) is 20.7. The summed E-state index contributed by atoms with van der Waals surface area (Å²) in [7, 11) is 0. The van der Waals surface area contributed by atoms with Crippen molar-refractivity contribution in [1.82, 2.24) is 4.90 Å². The lowest BCUT2D eigenvalue weighted by atomic mass is 9.65. The molecule has 0 saturated heterocycles. The van der Waals surface area contributed by atoms with Crippen molar-refractivity contribution in [3.05, 3.63) is 71.8 Å². The third-order valence-electron chi connectivity index (χ3n) is 6.71. The molecular weight excluding hydrogens is 354 g/mol. The fraction of sp³-hybridized carbons (Fsp3) is 0.481. The Kier molecular flexibility index (Phi) is 7.17. The lowest BCUT2D eigenvalue weighted by Crippen LogP contribution is -2.43. The van der Waals surface area contributed by atoms with E-state index in [4.69, 9.17) is 0 Å². The molecule has 1 fully saturated rings. The van der Waals surface area contributed by atoms with Crippen LogP contribution in [0.2, 0.25) is 0 Å². The number of hydrogen-bond donors (Lipinski definition) is 1. The molecule has 0 heterocycles. The highest BCUT2D eigenvalue weighted by Crippen LogP contribution is 2.53. The Bertz CT molecular complexity index is 812. The van der Waals surface area contributed by atoms with E-state index in [1.807, 2.05) is 30.3 Å². The fourth-order valence-corrected chi connectivity index (χ4v) is 4.72. The molecule has 2 nitrogen and oxygen atoms in total. The van der Waals surface area contributed by atoms with Crippen LogP contribution in [0.1, 0.15) is 64.0 Å². The minimum Gasteiger partial charge on any atom is -0.373 e. The van der Waals surface area contributed by atoms with Gasteiger partial charge in [0.2, 0.25) is 0 Å². The Labute approximate surface area is 177 Å². The van der Waals surface area contributed by atoms with E-state index in [1.165, 1.54) is 18.4 Å². The Balaban J connectivity index is 1.88. The van der Waals surface area contributed by atoms with Crippen molar-refractivity contribution in [2.45, 2.75) is 71.1 Å². The highest BCUT2D eigenvalue weighted by molar-refractivity contribution is 5.36. The van der Waals surface area contributed by atoms with Crippen molar-refractivity contribution < 1.29 is 5.11 Å². The molecule has 0 radical (unpaired) electrons. The summed E-state index contributed by atoms with van der Waals surface area (Å²) in [6, 6.07) is 21.0. The minimum absolute atomic E-state index is 0.149. The van der Waals surface area contributed by atoms with E-state index in [-0.39, 0.29) is 5.41 Å². The van der Waals surface area contributed by atoms with Gasteiger partial charge in [0.1, 0.15) is 0 Å². The molecule has 0 bridgehead atoms. The second kappa shape index (κ2) is 9.61. The molecule has 0 aliphatic heterocycles. The van der Waals surface area contributed by atoms with Crippen molar-refractivity contribution in [2.24, 2.45) is 5.41 Å². The van der Waals surface area contributed by atoms with Crippen LogP contribution < -0.4 is 0 Å². The molecule has 154 valence electrons. The van der Waals surface area contributed by atoms with Gasteiger partial charge in [-0.2, -0.15) is 0 Å². The van der Waals surface area contributed by atoms with Crippen LogP contribution in [-0.2, 0) is 12.1 Å². The molecule has 1 saturated carbocycles. The smallest absolute Gasteiger partial charge is 0.156 e. The van der Waals surface area contributed by atoms with Gasteiger partial charge in [-0.3, -0.25) is 4.90 Å². The number of benzene rings is 2. The molecule has 1 aliphatic rings. The first-order chi connectivity index (χ1) is 14.0. The molecule has 3 rings (SSSR count). The molecule has 2 heteroatoms. The lowest BCUT2D eigenvalue weighted by Gasteiger charge is -2.42. The normalized spacial score (nSPS) is 17.7. The average molecular weight is 390 g/mol. The van der Waals surface area contributed by atoms with E-state index in [0.717, 1.165) is 31.4 Å². The summed E-state index contributed by atoms with van der Waals surface area (Å²) < 4.78 is 0. The van der Waals surface area contributed by atoms with Gasteiger partial charge < -0.3 is 5.11 Å². The quantitative estimate of drug-likeness (QED) is 0.609. The van der Waals surface area contributed by atoms with Crippen LogP contribution in [0.5, 0.6) is 0 Å². The van der Waals surface area contributed by atoms with E-state index >= 15 is 0 Å². The summed E-state index contributed by atoms with van der Waals surface area (Å²) in [5.74, 6) is 6.77. The van der Waals surface area contributed by atoms with Crippen LogP contribution in [0.4, 0.5) is 0 Å². The summed E-state index contributed by atoms with van der Waals surface area (Å²) in [6.07, 6.45) is 5.39. The summed E-state index contributed by atoms with van der Waals surface area (Å²) >= 11 is 0. The van der Waals surface area contributed by atoms with Crippen LogP contribution in [0.15, 0.2) is 60.7 Å². The van der Waals surface area contributed by atoms with E-state index in [2.05, 4.69) is 67.8 Å². The molecule has 1 unspecified atom stereocenters. The molecular formula is C27H35NO. The Morgan fingerprint density at radius 1 is 1.00 bits per heavy atom. The Hall–Kier alpha value is -2.08. The highest BCUT2D eigenvalue weighted by atomic mass is 16.3. The van der Waals surface area contributed by atoms with E-state index in [9.17, 15) is 5.11 Å². The first-order valence-corrected chi connectivity index (χ1v) is 11.1. The Morgan fingerprint density at radius 2 is 1.59 bits per heavy atom. The van der Waals surface area contributed by atoms with Crippen molar-refractivity contribution in [2.75, 3.05) is 6.54 Å². The minimum atomic E-state index is -1.09. The van der Waals surface area contributed by atoms with Crippen molar-refractivity contribution >= 4 is 0 Å². The number of aliphatic hydroxyl groups is 1. The lowest BCUT2D eigenvalue weighted by molar-refractivity contribution is -0.0422. The third-order valence-corrected chi connectivity index (χ3v) is 6.71. The molecule has 1 atom stereocenters. The maximum atomic E-state index is 12.0. The maximum Gasteiger partial charge on any atom is 0.156 e.